The number of nitro benzene ring substituents is 1. The fourth-order valence-corrected chi connectivity index (χ4v) is 1.62. The average molecular weight is 265 g/mol. The molecule has 0 spiro atoms. The van der Waals surface area contributed by atoms with Gasteiger partial charge in [-0.3, -0.25) is 14.9 Å². The Morgan fingerprint density at radius 2 is 2.16 bits per heavy atom. The Labute approximate surface area is 112 Å². The van der Waals surface area contributed by atoms with E-state index in [9.17, 15) is 14.9 Å². The summed E-state index contributed by atoms with van der Waals surface area (Å²) in [6.07, 6.45) is 1.11. The van der Waals surface area contributed by atoms with Gasteiger partial charge in [-0.2, -0.15) is 0 Å². The minimum Gasteiger partial charge on any atom is -0.352 e. The highest BCUT2D eigenvalue weighted by atomic mass is 16.6. The maximum absolute atomic E-state index is 11.6. The van der Waals surface area contributed by atoms with Crippen LogP contribution in [0.3, 0.4) is 0 Å². The van der Waals surface area contributed by atoms with E-state index < -0.39 is 4.92 Å². The Hall–Kier alpha value is -1.95. The molecule has 104 valence electrons. The minimum atomic E-state index is -0.446. The van der Waals surface area contributed by atoms with E-state index in [4.69, 9.17) is 5.73 Å². The summed E-state index contributed by atoms with van der Waals surface area (Å²) in [5.41, 5.74) is 6.00. The fraction of sp³-hybridized carbons (Fsp3) is 0.462. The number of carbonyl (C=O) groups is 1. The summed E-state index contributed by atoms with van der Waals surface area (Å²) in [6, 6.07) is 6.39. The second-order valence-electron chi connectivity index (χ2n) is 4.54. The third-order valence-corrected chi connectivity index (χ3v) is 2.93. The maximum Gasteiger partial charge on any atom is 0.274 e. The molecule has 6 nitrogen and oxygen atoms in total. The second-order valence-corrected chi connectivity index (χ2v) is 4.54. The fourth-order valence-electron chi connectivity index (χ4n) is 1.62. The first kappa shape index (κ1) is 15.1. The number of nitro groups is 1. The van der Waals surface area contributed by atoms with Crippen LogP contribution < -0.4 is 11.1 Å². The van der Waals surface area contributed by atoms with Gasteiger partial charge < -0.3 is 11.1 Å². The summed E-state index contributed by atoms with van der Waals surface area (Å²) in [5.74, 6) is 0.190. The molecule has 0 heterocycles. The van der Waals surface area contributed by atoms with Gasteiger partial charge in [0.1, 0.15) is 0 Å². The molecule has 0 fully saturated rings. The van der Waals surface area contributed by atoms with Crippen molar-refractivity contribution in [3.05, 3.63) is 39.9 Å². The number of nitrogens with one attached hydrogen (secondary N) is 1. The van der Waals surface area contributed by atoms with Crippen LogP contribution in [0.15, 0.2) is 24.3 Å². The molecule has 1 unspecified atom stereocenters. The van der Waals surface area contributed by atoms with Gasteiger partial charge in [-0.15, -0.1) is 0 Å². The molecule has 1 amide bonds. The Kier molecular flexibility index (Phi) is 5.95. The standard InChI is InChI=1S/C13H19N3O3/c1-10(8-14)6-7-13(17)15-9-11-4-2-3-5-12(11)16(18)19/h2-5,10H,6-9,14H2,1H3,(H,15,17). The number of benzene rings is 1. The van der Waals surface area contributed by atoms with Gasteiger partial charge in [-0.25, -0.2) is 0 Å². The van der Waals surface area contributed by atoms with Crippen LogP contribution in [0, 0.1) is 16.0 Å². The van der Waals surface area contributed by atoms with E-state index in [1.54, 1.807) is 18.2 Å². The van der Waals surface area contributed by atoms with Crippen molar-refractivity contribution in [1.82, 2.24) is 5.32 Å². The van der Waals surface area contributed by atoms with Gasteiger partial charge in [0.05, 0.1) is 4.92 Å². The summed E-state index contributed by atoms with van der Waals surface area (Å²) in [4.78, 5) is 21.9. The van der Waals surface area contributed by atoms with Crippen LogP contribution in [0.2, 0.25) is 0 Å². The number of hydrogen-bond donors (Lipinski definition) is 2. The van der Waals surface area contributed by atoms with Gasteiger partial charge in [-0.1, -0.05) is 25.1 Å². The van der Waals surface area contributed by atoms with E-state index in [1.807, 2.05) is 6.92 Å². The molecule has 1 aromatic rings. The third-order valence-electron chi connectivity index (χ3n) is 2.93. The topological polar surface area (TPSA) is 98.3 Å². The van der Waals surface area contributed by atoms with Gasteiger partial charge >= 0.3 is 0 Å². The van der Waals surface area contributed by atoms with Crippen molar-refractivity contribution in [2.45, 2.75) is 26.3 Å². The predicted octanol–water partition coefficient (Wildman–Crippen LogP) is 1.59. The van der Waals surface area contributed by atoms with Gasteiger partial charge in [0.15, 0.2) is 0 Å². The van der Waals surface area contributed by atoms with Gasteiger partial charge in [0, 0.05) is 24.6 Å². The molecule has 1 atom stereocenters. The van der Waals surface area contributed by atoms with Crippen LogP contribution in [0.25, 0.3) is 0 Å². The SMILES string of the molecule is CC(CN)CCC(=O)NCc1ccccc1[N+](=O)[O-]. The molecular formula is C13H19N3O3. The number of nitrogens with two attached hydrogens (primary N) is 1. The molecule has 0 saturated carbocycles. The maximum atomic E-state index is 11.6. The van der Waals surface area contributed by atoms with Crippen molar-refractivity contribution in [3.8, 4) is 0 Å². The van der Waals surface area contributed by atoms with E-state index in [0.29, 0.717) is 24.4 Å². The van der Waals surface area contributed by atoms with Crippen molar-refractivity contribution in [2.24, 2.45) is 11.7 Å². The number of amides is 1. The van der Waals surface area contributed by atoms with Crippen molar-refractivity contribution in [2.75, 3.05) is 6.54 Å². The lowest BCUT2D eigenvalue weighted by Gasteiger charge is -2.09. The Morgan fingerprint density at radius 1 is 1.47 bits per heavy atom. The molecule has 6 heteroatoms. The monoisotopic (exact) mass is 265 g/mol. The largest absolute Gasteiger partial charge is 0.352 e. The van der Waals surface area contributed by atoms with E-state index >= 15 is 0 Å². The quantitative estimate of drug-likeness (QED) is 0.577. The van der Waals surface area contributed by atoms with Crippen LogP contribution >= 0.6 is 0 Å². The molecular weight excluding hydrogens is 246 g/mol. The average Bonchev–Trinajstić information content (AvgIpc) is 2.42. The van der Waals surface area contributed by atoms with E-state index in [-0.39, 0.29) is 18.1 Å². The van der Waals surface area contributed by atoms with E-state index in [1.165, 1.54) is 6.07 Å². The lowest BCUT2D eigenvalue weighted by molar-refractivity contribution is -0.385. The molecule has 19 heavy (non-hydrogen) atoms. The summed E-state index contributed by atoms with van der Waals surface area (Å²) in [5, 5.41) is 13.5. The van der Waals surface area contributed by atoms with Gasteiger partial charge in [-0.05, 0) is 18.9 Å². The van der Waals surface area contributed by atoms with Gasteiger partial charge in [0.2, 0.25) is 5.91 Å². The highest BCUT2D eigenvalue weighted by molar-refractivity contribution is 5.76. The van der Waals surface area contributed by atoms with Crippen LogP contribution in [-0.2, 0) is 11.3 Å². The number of carbonyl (C=O) groups excluding carboxylic acids is 1. The van der Waals surface area contributed by atoms with Crippen LogP contribution in [0.4, 0.5) is 5.69 Å². The summed E-state index contributed by atoms with van der Waals surface area (Å²) in [7, 11) is 0. The summed E-state index contributed by atoms with van der Waals surface area (Å²) < 4.78 is 0. The Morgan fingerprint density at radius 3 is 2.79 bits per heavy atom. The van der Waals surface area contributed by atoms with Crippen molar-refractivity contribution < 1.29 is 9.72 Å². The lowest BCUT2D eigenvalue weighted by atomic mass is 10.1. The van der Waals surface area contributed by atoms with Crippen LogP contribution in [0.1, 0.15) is 25.3 Å². The molecule has 0 aliphatic carbocycles. The molecule has 0 aliphatic heterocycles. The van der Waals surface area contributed by atoms with Crippen molar-refractivity contribution >= 4 is 11.6 Å². The van der Waals surface area contributed by atoms with E-state index in [2.05, 4.69) is 5.32 Å². The molecule has 1 aromatic carbocycles. The van der Waals surface area contributed by atoms with Crippen molar-refractivity contribution in [1.29, 1.82) is 0 Å². The first-order chi connectivity index (χ1) is 9.04. The Balaban J connectivity index is 2.48. The van der Waals surface area contributed by atoms with Gasteiger partial charge in [0.25, 0.3) is 5.69 Å². The number of hydrogen-bond acceptors (Lipinski definition) is 4. The molecule has 0 saturated heterocycles. The zero-order valence-corrected chi connectivity index (χ0v) is 11.0. The molecule has 0 bridgehead atoms. The number of para-hydroxylation sites is 1. The van der Waals surface area contributed by atoms with E-state index in [0.717, 1.165) is 6.42 Å². The highest BCUT2D eigenvalue weighted by Gasteiger charge is 2.13. The predicted molar refractivity (Wildman–Crippen MR) is 72.4 cm³/mol. The molecule has 0 aliphatic rings. The molecule has 0 radical (unpaired) electrons. The second kappa shape index (κ2) is 7.48. The Bertz CT molecular complexity index is 449. The van der Waals surface area contributed by atoms with Crippen LogP contribution in [0.5, 0.6) is 0 Å². The normalized spacial score (nSPS) is 11.9. The zero-order chi connectivity index (χ0) is 14.3. The first-order valence-corrected chi connectivity index (χ1v) is 6.23. The molecule has 1 rings (SSSR count). The first-order valence-electron chi connectivity index (χ1n) is 6.23. The summed E-state index contributed by atoms with van der Waals surface area (Å²) in [6.45, 7) is 2.71. The molecule has 0 aromatic heterocycles. The lowest BCUT2D eigenvalue weighted by Crippen LogP contribution is -2.24. The highest BCUT2D eigenvalue weighted by Crippen LogP contribution is 2.17. The molecule has 3 N–H and O–H groups in total. The number of rotatable bonds is 7. The van der Waals surface area contributed by atoms with Crippen molar-refractivity contribution in [3.63, 3.8) is 0 Å². The zero-order valence-electron chi connectivity index (χ0n) is 11.0. The summed E-state index contributed by atoms with van der Waals surface area (Å²) >= 11 is 0. The van der Waals surface area contributed by atoms with Crippen LogP contribution in [-0.4, -0.2) is 17.4 Å². The smallest absolute Gasteiger partial charge is 0.274 e. The minimum absolute atomic E-state index is 0.0260. The number of nitrogens with zero attached hydrogens (tertiary/aromatic N) is 1. The third kappa shape index (κ3) is 5.05.